The van der Waals surface area contributed by atoms with Crippen molar-refractivity contribution in [2.75, 3.05) is 20.3 Å². The molecule has 110 valence electrons. The van der Waals surface area contributed by atoms with Gasteiger partial charge in [0, 0.05) is 5.56 Å². The van der Waals surface area contributed by atoms with E-state index in [9.17, 15) is 9.18 Å². The van der Waals surface area contributed by atoms with Gasteiger partial charge in [0.2, 0.25) is 0 Å². The fourth-order valence-electron chi connectivity index (χ4n) is 1.71. The number of amides is 1. The third-order valence-electron chi connectivity index (χ3n) is 2.82. The number of halogens is 1. The van der Waals surface area contributed by atoms with Gasteiger partial charge in [-0.1, -0.05) is 0 Å². The SMILES string of the molecule is COc1ccc(OCCNC(=O)c2ccc(F)cc2)cc1. The molecule has 5 heteroatoms. The van der Waals surface area contributed by atoms with Gasteiger partial charge >= 0.3 is 0 Å². The van der Waals surface area contributed by atoms with Crippen molar-refractivity contribution in [3.8, 4) is 11.5 Å². The van der Waals surface area contributed by atoms with Gasteiger partial charge in [-0.05, 0) is 48.5 Å². The molecule has 2 rings (SSSR count). The maximum absolute atomic E-state index is 12.7. The predicted molar refractivity (Wildman–Crippen MR) is 77.2 cm³/mol. The summed E-state index contributed by atoms with van der Waals surface area (Å²) < 4.78 is 23.3. The summed E-state index contributed by atoms with van der Waals surface area (Å²) in [5, 5.41) is 2.70. The lowest BCUT2D eigenvalue weighted by Gasteiger charge is -2.08. The highest BCUT2D eigenvalue weighted by Crippen LogP contribution is 2.16. The predicted octanol–water partition coefficient (Wildman–Crippen LogP) is 2.64. The van der Waals surface area contributed by atoms with Crippen LogP contribution < -0.4 is 14.8 Å². The Labute approximate surface area is 122 Å². The lowest BCUT2D eigenvalue weighted by Crippen LogP contribution is -2.28. The van der Waals surface area contributed by atoms with Crippen LogP contribution in [0.1, 0.15) is 10.4 Å². The van der Waals surface area contributed by atoms with Crippen molar-refractivity contribution in [1.82, 2.24) is 5.32 Å². The summed E-state index contributed by atoms with van der Waals surface area (Å²) in [6.07, 6.45) is 0. The van der Waals surface area contributed by atoms with Gasteiger partial charge in [-0.25, -0.2) is 4.39 Å². The Hall–Kier alpha value is -2.56. The molecular weight excluding hydrogens is 273 g/mol. The van der Waals surface area contributed by atoms with Crippen LogP contribution >= 0.6 is 0 Å². The molecule has 0 heterocycles. The summed E-state index contributed by atoms with van der Waals surface area (Å²) in [5.41, 5.74) is 0.417. The van der Waals surface area contributed by atoms with Crippen LogP contribution in [0, 0.1) is 5.82 Å². The minimum Gasteiger partial charge on any atom is -0.497 e. The van der Waals surface area contributed by atoms with Gasteiger partial charge in [-0.2, -0.15) is 0 Å². The molecule has 2 aromatic rings. The summed E-state index contributed by atoms with van der Waals surface area (Å²) in [6, 6.07) is 12.6. The average molecular weight is 289 g/mol. The normalized spacial score (nSPS) is 10.0. The smallest absolute Gasteiger partial charge is 0.251 e. The molecule has 1 N–H and O–H groups in total. The number of methoxy groups -OCH3 is 1. The number of carbonyl (C=O) groups excluding carboxylic acids is 1. The lowest BCUT2D eigenvalue weighted by atomic mass is 10.2. The molecule has 21 heavy (non-hydrogen) atoms. The average Bonchev–Trinajstić information content (AvgIpc) is 2.52. The highest BCUT2D eigenvalue weighted by atomic mass is 19.1. The summed E-state index contributed by atoms with van der Waals surface area (Å²) in [6.45, 7) is 0.710. The largest absolute Gasteiger partial charge is 0.497 e. The van der Waals surface area contributed by atoms with E-state index in [2.05, 4.69) is 5.32 Å². The zero-order valence-electron chi connectivity index (χ0n) is 11.6. The molecule has 0 saturated heterocycles. The quantitative estimate of drug-likeness (QED) is 0.832. The fourth-order valence-corrected chi connectivity index (χ4v) is 1.71. The Morgan fingerprint density at radius 3 is 2.29 bits per heavy atom. The van der Waals surface area contributed by atoms with E-state index in [1.165, 1.54) is 24.3 Å². The van der Waals surface area contributed by atoms with Crippen LogP contribution in [-0.4, -0.2) is 26.2 Å². The van der Waals surface area contributed by atoms with Crippen LogP contribution in [0.2, 0.25) is 0 Å². The van der Waals surface area contributed by atoms with E-state index in [0.717, 1.165) is 5.75 Å². The van der Waals surface area contributed by atoms with Gasteiger partial charge in [-0.3, -0.25) is 4.79 Å². The monoisotopic (exact) mass is 289 g/mol. The Bertz CT molecular complexity index is 581. The molecule has 0 fully saturated rings. The molecule has 0 bridgehead atoms. The van der Waals surface area contributed by atoms with Crippen LogP contribution in [0.5, 0.6) is 11.5 Å². The summed E-state index contributed by atoms with van der Waals surface area (Å²) in [7, 11) is 1.60. The zero-order chi connectivity index (χ0) is 15.1. The first kappa shape index (κ1) is 14.8. The molecule has 0 aliphatic rings. The van der Waals surface area contributed by atoms with Crippen molar-refractivity contribution in [3.63, 3.8) is 0 Å². The first-order valence-electron chi connectivity index (χ1n) is 6.49. The molecule has 0 unspecified atom stereocenters. The van der Waals surface area contributed by atoms with E-state index in [-0.39, 0.29) is 11.7 Å². The van der Waals surface area contributed by atoms with E-state index in [0.29, 0.717) is 24.5 Å². The number of ether oxygens (including phenoxy) is 2. The highest BCUT2D eigenvalue weighted by Gasteiger charge is 2.04. The molecule has 4 nitrogen and oxygen atoms in total. The number of nitrogens with one attached hydrogen (secondary N) is 1. The topological polar surface area (TPSA) is 47.6 Å². The second kappa shape index (κ2) is 7.28. The Morgan fingerprint density at radius 2 is 1.67 bits per heavy atom. The Morgan fingerprint density at radius 1 is 1.05 bits per heavy atom. The van der Waals surface area contributed by atoms with E-state index in [1.807, 2.05) is 0 Å². The maximum Gasteiger partial charge on any atom is 0.251 e. The molecule has 0 atom stereocenters. The molecular formula is C16H16FNO3. The van der Waals surface area contributed by atoms with Crippen LogP contribution in [0.3, 0.4) is 0 Å². The third-order valence-corrected chi connectivity index (χ3v) is 2.82. The summed E-state index contributed by atoms with van der Waals surface area (Å²) in [5.74, 6) is 0.835. The van der Waals surface area contributed by atoms with Crippen molar-refractivity contribution >= 4 is 5.91 Å². The standard InChI is InChI=1S/C16H16FNO3/c1-20-14-6-8-15(9-7-14)21-11-10-18-16(19)12-2-4-13(17)5-3-12/h2-9H,10-11H2,1H3,(H,18,19). The molecule has 0 spiro atoms. The van der Waals surface area contributed by atoms with E-state index in [1.54, 1.807) is 31.4 Å². The lowest BCUT2D eigenvalue weighted by molar-refractivity contribution is 0.0947. The molecule has 0 aliphatic heterocycles. The molecule has 0 radical (unpaired) electrons. The zero-order valence-corrected chi connectivity index (χ0v) is 11.6. The fraction of sp³-hybridized carbons (Fsp3) is 0.188. The number of carbonyl (C=O) groups is 1. The highest BCUT2D eigenvalue weighted by molar-refractivity contribution is 5.94. The van der Waals surface area contributed by atoms with Gasteiger partial charge in [0.15, 0.2) is 0 Å². The molecule has 0 saturated carbocycles. The molecule has 0 aromatic heterocycles. The minimum absolute atomic E-state index is 0.256. The van der Waals surface area contributed by atoms with Gasteiger partial charge in [0.25, 0.3) is 5.91 Å². The Kier molecular flexibility index (Phi) is 5.15. The first-order valence-corrected chi connectivity index (χ1v) is 6.49. The summed E-state index contributed by atoms with van der Waals surface area (Å²) in [4.78, 5) is 11.7. The van der Waals surface area contributed by atoms with Crippen molar-refractivity contribution in [3.05, 3.63) is 59.9 Å². The Balaban J connectivity index is 1.73. The van der Waals surface area contributed by atoms with Crippen LogP contribution in [0.25, 0.3) is 0 Å². The second-order valence-corrected chi connectivity index (χ2v) is 4.29. The number of benzene rings is 2. The van der Waals surface area contributed by atoms with Crippen LogP contribution in [0.15, 0.2) is 48.5 Å². The second-order valence-electron chi connectivity index (χ2n) is 4.29. The number of rotatable bonds is 6. The maximum atomic E-state index is 12.7. The minimum atomic E-state index is -0.366. The van der Waals surface area contributed by atoms with E-state index < -0.39 is 0 Å². The number of hydrogen-bond acceptors (Lipinski definition) is 3. The van der Waals surface area contributed by atoms with Gasteiger partial charge in [0.05, 0.1) is 13.7 Å². The first-order chi connectivity index (χ1) is 10.2. The van der Waals surface area contributed by atoms with Gasteiger partial charge < -0.3 is 14.8 Å². The molecule has 0 aliphatic carbocycles. The van der Waals surface area contributed by atoms with Gasteiger partial charge in [-0.15, -0.1) is 0 Å². The van der Waals surface area contributed by atoms with Crippen LogP contribution in [0.4, 0.5) is 4.39 Å². The van der Waals surface area contributed by atoms with Crippen molar-refractivity contribution in [2.24, 2.45) is 0 Å². The third kappa shape index (κ3) is 4.49. The van der Waals surface area contributed by atoms with Crippen molar-refractivity contribution in [1.29, 1.82) is 0 Å². The van der Waals surface area contributed by atoms with Crippen LogP contribution in [-0.2, 0) is 0 Å². The van der Waals surface area contributed by atoms with Crippen molar-refractivity contribution in [2.45, 2.75) is 0 Å². The number of hydrogen-bond donors (Lipinski definition) is 1. The molecule has 2 aromatic carbocycles. The van der Waals surface area contributed by atoms with Gasteiger partial charge in [0.1, 0.15) is 23.9 Å². The van der Waals surface area contributed by atoms with E-state index in [4.69, 9.17) is 9.47 Å². The molecule has 1 amide bonds. The summed E-state index contributed by atoms with van der Waals surface area (Å²) >= 11 is 0. The van der Waals surface area contributed by atoms with E-state index >= 15 is 0 Å². The van der Waals surface area contributed by atoms with Crippen molar-refractivity contribution < 1.29 is 18.7 Å².